The molecular formula is C14H23NO3. The normalized spacial score (nSPS) is 23.0. The van der Waals surface area contributed by atoms with Gasteiger partial charge < -0.3 is 10.0 Å². The zero-order valence-corrected chi connectivity index (χ0v) is 10.9. The summed E-state index contributed by atoms with van der Waals surface area (Å²) in [6, 6.07) is 0. The first kappa shape index (κ1) is 13.4. The van der Waals surface area contributed by atoms with Crippen molar-refractivity contribution < 1.29 is 14.7 Å². The molecule has 4 nitrogen and oxygen atoms in total. The van der Waals surface area contributed by atoms with Crippen molar-refractivity contribution in [3.05, 3.63) is 0 Å². The minimum absolute atomic E-state index is 0.181. The fraction of sp³-hybridized carbons (Fsp3) is 0.857. The Kier molecular flexibility index (Phi) is 4.61. The van der Waals surface area contributed by atoms with E-state index in [1.54, 1.807) is 0 Å². The van der Waals surface area contributed by atoms with E-state index in [9.17, 15) is 9.59 Å². The van der Waals surface area contributed by atoms with Crippen LogP contribution in [0, 0.1) is 11.8 Å². The largest absolute Gasteiger partial charge is 0.481 e. The molecule has 1 N–H and O–H groups in total. The summed E-state index contributed by atoms with van der Waals surface area (Å²) >= 11 is 0. The van der Waals surface area contributed by atoms with Gasteiger partial charge in [-0.1, -0.05) is 32.1 Å². The van der Waals surface area contributed by atoms with Gasteiger partial charge in [0.15, 0.2) is 0 Å². The van der Waals surface area contributed by atoms with Gasteiger partial charge in [0.25, 0.3) is 0 Å². The van der Waals surface area contributed by atoms with E-state index in [1.165, 1.54) is 32.1 Å². The average Bonchev–Trinajstić information content (AvgIpc) is 2.21. The summed E-state index contributed by atoms with van der Waals surface area (Å²) < 4.78 is 0. The molecule has 1 aliphatic heterocycles. The van der Waals surface area contributed by atoms with E-state index in [0.29, 0.717) is 13.1 Å². The van der Waals surface area contributed by atoms with Crippen LogP contribution < -0.4 is 0 Å². The second-order valence-electron chi connectivity index (χ2n) is 5.75. The number of carboxylic acid groups (broad SMARTS) is 1. The van der Waals surface area contributed by atoms with Crippen molar-refractivity contribution in [2.75, 3.05) is 13.1 Å². The van der Waals surface area contributed by atoms with Crippen LogP contribution in [-0.2, 0) is 9.59 Å². The fourth-order valence-corrected chi connectivity index (χ4v) is 3.09. The minimum atomic E-state index is -0.752. The summed E-state index contributed by atoms with van der Waals surface area (Å²) in [5, 5.41) is 8.69. The van der Waals surface area contributed by atoms with Crippen LogP contribution in [0.15, 0.2) is 0 Å². The first-order chi connectivity index (χ1) is 8.66. The Morgan fingerprint density at radius 2 is 1.56 bits per heavy atom. The lowest BCUT2D eigenvalue weighted by Crippen LogP contribution is -2.52. The van der Waals surface area contributed by atoms with Crippen LogP contribution in [0.3, 0.4) is 0 Å². The highest BCUT2D eigenvalue weighted by Gasteiger charge is 2.35. The maximum Gasteiger partial charge on any atom is 0.303 e. The molecule has 1 heterocycles. The number of hydrogen-bond donors (Lipinski definition) is 1. The third-order valence-corrected chi connectivity index (χ3v) is 4.19. The number of carboxylic acids is 1. The monoisotopic (exact) mass is 253 g/mol. The highest BCUT2D eigenvalue weighted by molar-refractivity contribution is 5.80. The maximum atomic E-state index is 12.3. The molecule has 0 atom stereocenters. The highest BCUT2D eigenvalue weighted by Crippen LogP contribution is 2.28. The third kappa shape index (κ3) is 3.47. The molecule has 1 aliphatic carbocycles. The number of aliphatic carboxylic acids is 1. The number of likely N-dealkylation sites (tertiary alicyclic amines) is 1. The molecule has 0 unspecified atom stereocenters. The van der Waals surface area contributed by atoms with E-state index < -0.39 is 5.97 Å². The van der Waals surface area contributed by atoms with Gasteiger partial charge in [0.05, 0.1) is 6.42 Å². The predicted molar refractivity (Wildman–Crippen MR) is 68.1 cm³/mol. The van der Waals surface area contributed by atoms with Crippen molar-refractivity contribution in [1.82, 2.24) is 4.90 Å². The van der Waals surface area contributed by atoms with Crippen molar-refractivity contribution in [3.63, 3.8) is 0 Å². The lowest BCUT2D eigenvalue weighted by Gasteiger charge is -2.40. The maximum absolute atomic E-state index is 12.3. The van der Waals surface area contributed by atoms with E-state index >= 15 is 0 Å². The van der Waals surface area contributed by atoms with Gasteiger partial charge in [-0.15, -0.1) is 0 Å². The van der Waals surface area contributed by atoms with Crippen molar-refractivity contribution >= 4 is 11.9 Å². The number of rotatable bonds is 3. The summed E-state index contributed by atoms with van der Waals surface area (Å²) in [6.07, 6.45) is 8.42. The molecule has 102 valence electrons. The molecule has 4 heteroatoms. The van der Waals surface area contributed by atoms with Gasteiger partial charge in [-0.3, -0.25) is 9.59 Å². The van der Waals surface area contributed by atoms with Crippen LogP contribution >= 0.6 is 0 Å². The molecule has 1 amide bonds. The van der Waals surface area contributed by atoms with Crippen molar-refractivity contribution in [2.24, 2.45) is 11.8 Å². The lowest BCUT2D eigenvalue weighted by molar-refractivity contribution is -0.148. The van der Waals surface area contributed by atoms with Crippen LogP contribution in [0.2, 0.25) is 0 Å². The molecule has 1 saturated carbocycles. The Labute approximate surface area is 108 Å². The van der Waals surface area contributed by atoms with Gasteiger partial charge in [-0.2, -0.15) is 0 Å². The fourth-order valence-electron chi connectivity index (χ4n) is 3.09. The van der Waals surface area contributed by atoms with Crippen LogP contribution in [0.1, 0.15) is 51.4 Å². The first-order valence-corrected chi connectivity index (χ1v) is 7.17. The summed E-state index contributed by atoms with van der Waals surface area (Å²) in [5.74, 6) is -0.0901. The van der Waals surface area contributed by atoms with E-state index in [0.717, 1.165) is 12.8 Å². The standard InChI is InChI=1S/C14H23NO3/c16-13(17)8-11-9-15(10-11)14(18)12-6-4-2-1-3-5-7-12/h11-12H,1-10H2,(H,16,17). The van der Waals surface area contributed by atoms with Crippen LogP contribution in [0.25, 0.3) is 0 Å². The quantitative estimate of drug-likeness (QED) is 0.839. The molecular weight excluding hydrogens is 230 g/mol. The van der Waals surface area contributed by atoms with E-state index in [1.807, 2.05) is 4.90 Å². The van der Waals surface area contributed by atoms with Crippen molar-refractivity contribution in [1.29, 1.82) is 0 Å². The zero-order valence-electron chi connectivity index (χ0n) is 10.9. The number of amides is 1. The molecule has 2 rings (SSSR count). The molecule has 0 spiro atoms. The second kappa shape index (κ2) is 6.21. The van der Waals surface area contributed by atoms with Crippen LogP contribution in [-0.4, -0.2) is 35.0 Å². The molecule has 0 bridgehead atoms. The summed E-state index contributed by atoms with van der Waals surface area (Å²) in [7, 11) is 0. The number of carbonyl (C=O) groups is 2. The average molecular weight is 253 g/mol. The Hall–Kier alpha value is -1.06. The SMILES string of the molecule is O=C(O)CC1CN(C(=O)C2CCCCCCC2)C1. The highest BCUT2D eigenvalue weighted by atomic mass is 16.4. The smallest absolute Gasteiger partial charge is 0.303 e. The minimum Gasteiger partial charge on any atom is -0.481 e. The zero-order chi connectivity index (χ0) is 13.0. The third-order valence-electron chi connectivity index (χ3n) is 4.19. The van der Waals surface area contributed by atoms with Gasteiger partial charge >= 0.3 is 5.97 Å². The Morgan fingerprint density at radius 3 is 2.11 bits per heavy atom. The molecule has 18 heavy (non-hydrogen) atoms. The molecule has 1 saturated heterocycles. The molecule has 0 aromatic heterocycles. The predicted octanol–water partition coefficient (Wildman–Crippen LogP) is 2.28. The van der Waals surface area contributed by atoms with Crippen LogP contribution in [0.5, 0.6) is 0 Å². The molecule has 2 aliphatic rings. The Bertz CT molecular complexity index is 302. The van der Waals surface area contributed by atoms with Gasteiger partial charge in [-0.05, 0) is 12.8 Å². The van der Waals surface area contributed by atoms with E-state index in [4.69, 9.17) is 5.11 Å². The number of nitrogens with zero attached hydrogens (tertiary/aromatic N) is 1. The molecule has 2 fully saturated rings. The summed E-state index contributed by atoms with van der Waals surface area (Å²) in [6.45, 7) is 1.31. The van der Waals surface area contributed by atoms with Crippen molar-refractivity contribution in [3.8, 4) is 0 Å². The Morgan fingerprint density at radius 1 is 1.00 bits per heavy atom. The van der Waals surface area contributed by atoms with E-state index in [-0.39, 0.29) is 24.2 Å². The van der Waals surface area contributed by atoms with E-state index in [2.05, 4.69) is 0 Å². The molecule has 0 radical (unpaired) electrons. The topological polar surface area (TPSA) is 57.6 Å². The summed E-state index contributed by atoms with van der Waals surface area (Å²) in [5.41, 5.74) is 0. The number of carbonyl (C=O) groups excluding carboxylic acids is 1. The first-order valence-electron chi connectivity index (χ1n) is 7.17. The second-order valence-corrected chi connectivity index (χ2v) is 5.75. The van der Waals surface area contributed by atoms with Crippen molar-refractivity contribution in [2.45, 2.75) is 51.4 Å². The lowest BCUT2D eigenvalue weighted by atomic mass is 9.87. The van der Waals surface area contributed by atoms with Gasteiger partial charge in [-0.25, -0.2) is 0 Å². The number of hydrogen-bond acceptors (Lipinski definition) is 2. The molecule has 0 aromatic rings. The summed E-state index contributed by atoms with van der Waals surface area (Å²) in [4.78, 5) is 24.7. The van der Waals surface area contributed by atoms with Gasteiger partial charge in [0.2, 0.25) is 5.91 Å². The Balaban J connectivity index is 1.75. The van der Waals surface area contributed by atoms with Gasteiger partial charge in [0.1, 0.15) is 0 Å². The molecule has 0 aromatic carbocycles. The van der Waals surface area contributed by atoms with Gasteiger partial charge in [0, 0.05) is 24.9 Å². The van der Waals surface area contributed by atoms with Crippen LogP contribution in [0.4, 0.5) is 0 Å².